The van der Waals surface area contributed by atoms with Crippen LogP contribution in [0.5, 0.6) is 5.75 Å². The van der Waals surface area contributed by atoms with Gasteiger partial charge in [0.25, 0.3) is 0 Å². The Bertz CT molecular complexity index is 531. The van der Waals surface area contributed by atoms with Gasteiger partial charge in [-0.2, -0.15) is 13.2 Å². The minimum absolute atomic E-state index is 0.0387. The third kappa shape index (κ3) is 3.17. The number of hydrogen-bond acceptors (Lipinski definition) is 3. The molecule has 3 nitrogen and oxygen atoms in total. The lowest BCUT2D eigenvalue weighted by Gasteiger charge is -2.35. The highest BCUT2D eigenvalue weighted by Crippen LogP contribution is 2.44. The van der Waals surface area contributed by atoms with Crippen molar-refractivity contribution in [1.82, 2.24) is 0 Å². The van der Waals surface area contributed by atoms with Crippen LogP contribution in [0.15, 0.2) is 24.8 Å². The molecular weight excluding hydrogens is 309 g/mol. The zero-order valence-electron chi connectivity index (χ0n) is 11.5. The third-order valence-corrected chi connectivity index (χ3v) is 3.79. The van der Waals surface area contributed by atoms with Crippen LogP contribution in [-0.4, -0.2) is 35.7 Å². The highest BCUT2D eigenvalue weighted by molar-refractivity contribution is 6.32. The van der Waals surface area contributed by atoms with Gasteiger partial charge in [-0.05, 0) is 11.6 Å². The number of aliphatic hydroxyl groups excluding tert-OH is 1. The standard InChI is InChI=1S/C14H16ClF3O3/c1-8(9(2)13(20,7-19)14(16,17)18)10-5-4-6-11(15)12(10)21-3/h4-6,9,19-20H,1,7H2,2-3H3. The second-order valence-corrected chi connectivity index (χ2v) is 5.05. The van der Waals surface area contributed by atoms with E-state index in [9.17, 15) is 18.3 Å². The van der Waals surface area contributed by atoms with Crippen LogP contribution in [0.4, 0.5) is 13.2 Å². The zero-order valence-corrected chi connectivity index (χ0v) is 12.3. The van der Waals surface area contributed by atoms with Gasteiger partial charge < -0.3 is 14.9 Å². The van der Waals surface area contributed by atoms with Crippen LogP contribution in [-0.2, 0) is 0 Å². The van der Waals surface area contributed by atoms with E-state index in [0.29, 0.717) is 0 Å². The largest absolute Gasteiger partial charge is 0.495 e. The van der Waals surface area contributed by atoms with Crippen molar-refractivity contribution in [3.8, 4) is 5.75 Å². The zero-order chi connectivity index (χ0) is 16.4. The van der Waals surface area contributed by atoms with Gasteiger partial charge in [0, 0.05) is 11.5 Å². The number of ether oxygens (including phenoxy) is 1. The summed E-state index contributed by atoms with van der Waals surface area (Å²) in [5, 5.41) is 19.0. The Hall–Kier alpha value is -1.24. The van der Waals surface area contributed by atoms with Gasteiger partial charge in [-0.15, -0.1) is 0 Å². The van der Waals surface area contributed by atoms with Crippen LogP contribution in [0.1, 0.15) is 12.5 Å². The maximum atomic E-state index is 13.0. The van der Waals surface area contributed by atoms with Crippen molar-refractivity contribution in [1.29, 1.82) is 0 Å². The summed E-state index contributed by atoms with van der Waals surface area (Å²) in [6.45, 7) is 3.25. The van der Waals surface area contributed by atoms with E-state index in [1.807, 2.05) is 0 Å². The Labute approximate surface area is 125 Å². The van der Waals surface area contributed by atoms with Crippen molar-refractivity contribution in [3.63, 3.8) is 0 Å². The Balaban J connectivity index is 3.29. The Morgan fingerprint density at radius 1 is 1.43 bits per heavy atom. The molecule has 2 unspecified atom stereocenters. The summed E-state index contributed by atoms with van der Waals surface area (Å²) < 4.78 is 44.0. The van der Waals surface area contributed by atoms with Crippen LogP contribution >= 0.6 is 11.6 Å². The molecule has 2 atom stereocenters. The first kappa shape index (κ1) is 17.8. The van der Waals surface area contributed by atoms with Crippen molar-refractivity contribution < 1.29 is 28.1 Å². The van der Waals surface area contributed by atoms with Gasteiger partial charge in [-0.3, -0.25) is 0 Å². The molecule has 1 aromatic carbocycles. The van der Waals surface area contributed by atoms with Crippen molar-refractivity contribution in [2.75, 3.05) is 13.7 Å². The summed E-state index contributed by atoms with van der Waals surface area (Å²) in [4.78, 5) is 0. The molecule has 0 aliphatic heterocycles. The van der Waals surface area contributed by atoms with E-state index in [2.05, 4.69) is 6.58 Å². The lowest BCUT2D eigenvalue weighted by molar-refractivity contribution is -0.281. The number of para-hydroxylation sites is 1. The molecule has 0 radical (unpaired) electrons. The fraction of sp³-hybridized carbons (Fsp3) is 0.429. The van der Waals surface area contributed by atoms with Gasteiger partial charge in [0.05, 0.1) is 18.7 Å². The number of hydrogen-bond donors (Lipinski definition) is 2. The molecule has 1 rings (SSSR count). The van der Waals surface area contributed by atoms with Crippen LogP contribution in [0.3, 0.4) is 0 Å². The summed E-state index contributed by atoms with van der Waals surface area (Å²) in [7, 11) is 1.32. The Morgan fingerprint density at radius 3 is 2.43 bits per heavy atom. The number of methoxy groups -OCH3 is 1. The molecule has 1 aromatic rings. The fourth-order valence-corrected chi connectivity index (χ4v) is 2.21. The van der Waals surface area contributed by atoms with Gasteiger partial charge in [-0.1, -0.05) is 37.2 Å². The average Bonchev–Trinajstić information content (AvgIpc) is 2.43. The van der Waals surface area contributed by atoms with Gasteiger partial charge in [-0.25, -0.2) is 0 Å². The number of aliphatic hydroxyl groups is 2. The highest BCUT2D eigenvalue weighted by Gasteiger charge is 2.57. The van der Waals surface area contributed by atoms with Crippen LogP contribution in [0, 0.1) is 5.92 Å². The summed E-state index contributed by atoms with van der Waals surface area (Å²) in [5.41, 5.74) is -3.09. The fourth-order valence-electron chi connectivity index (χ4n) is 1.96. The number of rotatable bonds is 5. The van der Waals surface area contributed by atoms with Gasteiger partial charge in [0.2, 0.25) is 0 Å². The van der Waals surface area contributed by atoms with Crippen LogP contribution < -0.4 is 4.74 Å². The second kappa shape index (κ2) is 6.25. The topological polar surface area (TPSA) is 49.7 Å². The number of alkyl halides is 3. The molecule has 118 valence electrons. The summed E-state index contributed by atoms with van der Waals surface area (Å²) in [5.74, 6) is -1.33. The summed E-state index contributed by atoms with van der Waals surface area (Å²) >= 11 is 5.92. The maximum absolute atomic E-state index is 13.0. The molecule has 0 aromatic heterocycles. The van der Waals surface area contributed by atoms with Crippen LogP contribution in [0.2, 0.25) is 5.02 Å². The monoisotopic (exact) mass is 324 g/mol. The minimum atomic E-state index is -5.00. The number of benzene rings is 1. The van der Waals surface area contributed by atoms with E-state index in [1.54, 1.807) is 0 Å². The average molecular weight is 325 g/mol. The quantitative estimate of drug-likeness (QED) is 0.874. The summed E-state index contributed by atoms with van der Waals surface area (Å²) in [6.07, 6.45) is -5.00. The van der Waals surface area contributed by atoms with Crippen molar-refractivity contribution in [3.05, 3.63) is 35.4 Å². The summed E-state index contributed by atoms with van der Waals surface area (Å²) in [6, 6.07) is 4.53. The predicted octanol–water partition coefficient (Wildman–Crippen LogP) is 3.28. The van der Waals surface area contributed by atoms with E-state index < -0.39 is 24.3 Å². The molecular formula is C14H16ClF3O3. The van der Waals surface area contributed by atoms with Gasteiger partial charge >= 0.3 is 6.18 Å². The normalized spacial score (nSPS) is 16.2. The minimum Gasteiger partial charge on any atom is -0.495 e. The molecule has 2 N–H and O–H groups in total. The molecule has 7 heteroatoms. The van der Waals surface area contributed by atoms with Crippen molar-refractivity contribution in [2.45, 2.75) is 18.7 Å². The van der Waals surface area contributed by atoms with Crippen molar-refractivity contribution >= 4 is 17.2 Å². The first-order chi connectivity index (χ1) is 9.60. The Morgan fingerprint density at radius 2 is 2.00 bits per heavy atom. The molecule has 0 heterocycles. The smallest absolute Gasteiger partial charge is 0.420 e. The molecule has 0 saturated heterocycles. The SMILES string of the molecule is C=C(c1cccc(Cl)c1OC)C(C)C(O)(CO)C(F)(F)F. The lowest BCUT2D eigenvalue weighted by Crippen LogP contribution is -2.53. The Kier molecular flexibility index (Phi) is 5.30. The lowest BCUT2D eigenvalue weighted by atomic mass is 9.80. The number of halogens is 4. The van der Waals surface area contributed by atoms with Gasteiger partial charge in [0.1, 0.15) is 5.75 Å². The molecule has 0 spiro atoms. The highest BCUT2D eigenvalue weighted by atomic mass is 35.5. The third-order valence-electron chi connectivity index (χ3n) is 3.49. The molecule has 21 heavy (non-hydrogen) atoms. The molecule has 0 fully saturated rings. The van der Waals surface area contributed by atoms with E-state index in [0.717, 1.165) is 6.92 Å². The van der Waals surface area contributed by atoms with Gasteiger partial charge in [0.15, 0.2) is 5.60 Å². The molecule has 0 aliphatic carbocycles. The van der Waals surface area contributed by atoms with E-state index in [4.69, 9.17) is 21.4 Å². The molecule has 0 aliphatic rings. The molecule has 0 saturated carbocycles. The van der Waals surface area contributed by atoms with E-state index >= 15 is 0 Å². The molecule has 0 bridgehead atoms. The maximum Gasteiger partial charge on any atom is 0.420 e. The van der Waals surface area contributed by atoms with Crippen molar-refractivity contribution in [2.24, 2.45) is 5.92 Å². The van der Waals surface area contributed by atoms with E-state index in [1.165, 1.54) is 25.3 Å². The molecule has 0 amide bonds. The van der Waals surface area contributed by atoms with E-state index in [-0.39, 0.29) is 21.9 Å². The van der Waals surface area contributed by atoms with Crippen LogP contribution in [0.25, 0.3) is 5.57 Å². The second-order valence-electron chi connectivity index (χ2n) is 4.65. The first-order valence-electron chi connectivity index (χ1n) is 6.01. The predicted molar refractivity (Wildman–Crippen MR) is 74.3 cm³/mol. The first-order valence-corrected chi connectivity index (χ1v) is 6.39.